The van der Waals surface area contributed by atoms with E-state index < -0.39 is 5.41 Å². The summed E-state index contributed by atoms with van der Waals surface area (Å²) in [7, 11) is 0. The highest BCUT2D eigenvalue weighted by atomic mass is 19.1. The lowest BCUT2D eigenvalue weighted by molar-refractivity contribution is -0.137. The number of likely N-dealkylation sites (tertiary alicyclic amines) is 1. The number of hydrogen-bond acceptors (Lipinski definition) is 5. The lowest BCUT2D eigenvalue weighted by Crippen LogP contribution is -2.50. The fourth-order valence-electron chi connectivity index (χ4n) is 4.84. The summed E-state index contributed by atoms with van der Waals surface area (Å²) in [5.74, 6) is -0.109. The third-order valence-corrected chi connectivity index (χ3v) is 6.83. The molecule has 1 aromatic rings. The molecule has 6 nitrogen and oxygen atoms in total. The summed E-state index contributed by atoms with van der Waals surface area (Å²) < 4.78 is 24.3. The highest BCUT2D eigenvalue weighted by molar-refractivity contribution is 5.83. The van der Waals surface area contributed by atoms with Gasteiger partial charge in [0.25, 0.3) is 0 Å². The highest BCUT2D eigenvalue weighted by Crippen LogP contribution is 2.35. The van der Waals surface area contributed by atoms with Crippen molar-refractivity contribution in [1.82, 2.24) is 15.1 Å². The standard InChI is InChI=1S/C23H34FN3O3/c24-20-3-1-19(2-4-20)17-23(6-13-29-14-7-23)22(28)25-21-5-8-27(18-21)10-9-26-11-15-30-16-12-26/h1-4,21H,5-18H2,(H,25,28). The molecule has 1 unspecified atom stereocenters. The number of nitrogens with zero attached hydrogens (tertiary/aromatic N) is 2. The van der Waals surface area contributed by atoms with Crippen LogP contribution in [0.4, 0.5) is 4.39 Å². The fraction of sp³-hybridized carbons (Fsp3) is 0.696. The van der Waals surface area contributed by atoms with E-state index in [1.54, 1.807) is 12.1 Å². The Morgan fingerprint density at radius 1 is 1.00 bits per heavy atom. The van der Waals surface area contributed by atoms with Gasteiger partial charge < -0.3 is 14.8 Å². The normalized spacial score (nSPS) is 25.3. The van der Waals surface area contributed by atoms with E-state index in [0.29, 0.717) is 32.5 Å². The van der Waals surface area contributed by atoms with Gasteiger partial charge in [-0.2, -0.15) is 0 Å². The molecule has 30 heavy (non-hydrogen) atoms. The topological polar surface area (TPSA) is 54.0 Å². The number of carbonyl (C=O) groups is 1. The average molecular weight is 420 g/mol. The predicted octanol–water partition coefficient (Wildman–Crippen LogP) is 1.69. The first kappa shape index (κ1) is 21.7. The minimum absolute atomic E-state index is 0.134. The minimum atomic E-state index is -0.461. The van der Waals surface area contributed by atoms with E-state index >= 15 is 0 Å². The van der Waals surface area contributed by atoms with Crippen molar-refractivity contribution >= 4 is 5.91 Å². The first-order valence-corrected chi connectivity index (χ1v) is 11.3. The molecule has 7 heteroatoms. The van der Waals surface area contributed by atoms with E-state index in [1.165, 1.54) is 12.1 Å². The van der Waals surface area contributed by atoms with Crippen molar-refractivity contribution in [2.75, 3.05) is 65.7 Å². The van der Waals surface area contributed by atoms with E-state index in [-0.39, 0.29) is 17.8 Å². The number of hydrogen-bond donors (Lipinski definition) is 1. The van der Waals surface area contributed by atoms with E-state index in [1.807, 2.05) is 0 Å². The van der Waals surface area contributed by atoms with Gasteiger partial charge in [0, 0.05) is 58.5 Å². The van der Waals surface area contributed by atoms with Crippen LogP contribution in [0.25, 0.3) is 0 Å². The summed E-state index contributed by atoms with van der Waals surface area (Å²) in [6, 6.07) is 6.74. The van der Waals surface area contributed by atoms with Gasteiger partial charge in [-0.15, -0.1) is 0 Å². The van der Waals surface area contributed by atoms with Crippen molar-refractivity contribution in [3.63, 3.8) is 0 Å². The molecule has 1 aromatic carbocycles. The largest absolute Gasteiger partial charge is 0.381 e. The number of morpholine rings is 1. The molecular weight excluding hydrogens is 385 g/mol. The summed E-state index contributed by atoms with van der Waals surface area (Å²) in [6.07, 6.45) is 3.06. The van der Waals surface area contributed by atoms with Gasteiger partial charge in [-0.1, -0.05) is 12.1 Å². The second kappa shape index (κ2) is 10.2. The molecule has 3 fully saturated rings. The zero-order valence-corrected chi connectivity index (χ0v) is 17.8. The van der Waals surface area contributed by atoms with Crippen LogP contribution in [0.5, 0.6) is 0 Å². The second-order valence-electron chi connectivity index (χ2n) is 8.91. The lowest BCUT2D eigenvalue weighted by atomic mass is 9.74. The predicted molar refractivity (Wildman–Crippen MR) is 113 cm³/mol. The van der Waals surface area contributed by atoms with Crippen molar-refractivity contribution in [2.45, 2.75) is 31.7 Å². The molecule has 1 N–H and O–H groups in total. The smallest absolute Gasteiger partial charge is 0.226 e. The van der Waals surface area contributed by atoms with Crippen LogP contribution in [-0.2, 0) is 20.7 Å². The van der Waals surface area contributed by atoms with Crippen LogP contribution in [-0.4, -0.2) is 87.4 Å². The molecule has 0 bridgehead atoms. The number of halogens is 1. The Morgan fingerprint density at radius 2 is 1.67 bits per heavy atom. The van der Waals surface area contributed by atoms with E-state index in [9.17, 15) is 9.18 Å². The Bertz CT molecular complexity index is 687. The Morgan fingerprint density at radius 3 is 2.40 bits per heavy atom. The quantitative estimate of drug-likeness (QED) is 0.729. The van der Waals surface area contributed by atoms with Crippen LogP contribution in [0, 0.1) is 11.2 Å². The van der Waals surface area contributed by atoms with Crippen LogP contribution < -0.4 is 5.32 Å². The van der Waals surface area contributed by atoms with Crippen molar-refractivity contribution < 1.29 is 18.7 Å². The van der Waals surface area contributed by atoms with Crippen LogP contribution >= 0.6 is 0 Å². The third kappa shape index (κ3) is 5.58. The first-order valence-electron chi connectivity index (χ1n) is 11.3. The van der Waals surface area contributed by atoms with Crippen molar-refractivity contribution in [1.29, 1.82) is 0 Å². The lowest BCUT2D eigenvalue weighted by Gasteiger charge is -2.37. The van der Waals surface area contributed by atoms with Crippen LogP contribution in [0.15, 0.2) is 24.3 Å². The van der Waals surface area contributed by atoms with Gasteiger partial charge in [-0.05, 0) is 43.4 Å². The molecular formula is C23H34FN3O3. The van der Waals surface area contributed by atoms with E-state index in [0.717, 1.165) is 64.5 Å². The van der Waals surface area contributed by atoms with Gasteiger partial charge in [-0.3, -0.25) is 14.6 Å². The van der Waals surface area contributed by atoms with E-state index in [2.05, 4.69) is 15.1 Å². The molecule has 0 aliphatic carbocycles. The molecule has 3 aliphatic rings. The van der Waals surface area contributed by atoms with Gasteiger partial charge >= 0.3 is 0 Å². The number of benzene rings is 1. The Labute approximate surface area is 178 Å². The molecule has 1 amide bonds. The van der Waals surface area contributed by atoms with Crippen molar-refractivity contribution in [3.05, 3.63) is 35.6 Å². The van der Waals surface area contributed by atoms with Crippen LogP contribution in [0.1, 0.15) is 24.8 Å². The maximum absolute atomic E-state index is 13.4. The number of amides is 1. The number of nitrogens with one attached hydrogen (secondary N) is 1. The summed E-state index contributed by atoms with van der Waals surface area (Å²) in [5.41, 5.74) is 0.545. The van der Waals surface area contributed by atoms with Crippen LogP contribution in [0.2, 0.25) is 0 Å². The molecule has 0 saturated carbocycles. The van der Waals surface area contributed by atoms with Gasteiger partial charge in [0.1, 0.15) is 5.82 Å². The summed E-state index contributed by atoms with van der Waals surface area (Å²) >= 11 is 0. The zero-order valence-electron chi connectivity index (χ0n) is 17.8. The molecule has 0 spiro atoms. The summed E-state index contributed by atoms with van der Waals surface area (Å²) in [5, 5.41) is 3.35. The third-order valence-electron chi connectivity index (χ3n) is 6.83. The molecule has 0 aromatic heterocycles. The van der Waals surface area contributed by atoms with Gasteiger partial charge in [0.2, 0.25) is 5.91 Å². The maximum Gasteiger partial charge on any atom is 0.226 e. The van der Waals surface area contributed by atoms with Crippen LogP contribution in [0.3, 0.4) is 0 Å². The van der Waals surface area contributed by atoms with Crippen molar-refractivity contribution in [2.24, 2.45) is 5.41 Å². The molecule has 3 saturated heterocycles. The van der Waals surface area contributed by atoms with Gasteiger partial charge in [-0.25, -0.2) is 4.39 Å². The molecule has 0 radical (unpaired) electrons. The first-order chi connectivity index (χ1) is 14.6. The van der Waals surface area contributed by atoms with Gasteiger partial charge in [0.05, 0.1) is 18.6 Å². The molecule has 1 atom stereocenters. The highest BCUT2D eigenvalue weighted by Gasteiger charge is 2.41. The average Bonchev–Trinajstić information content (AvgIpc) is 3.22. The zero-order chi connectivity index (χ0) is 20.8. The number of rotatable bonds is 7. The minimum Gasteiger partial charge on any atom is -0.381 e. The van der Waals surface area contributed by atoms with Gasteiger partial charge in [0.15, 0.2) is 0 Å². The number of carbonyl (C=O) groups excluding carboxylic acids is 1. The molecule has 3 heterocycles. The van der Waals surface area contributed by atoms with Crippen molar-refractivity contribution in [3.8, 4) is 0 Å². The molecule has 166 valence electrons. The van der Waals surface area contributed by atoms with E-state index in [4.69, 9.17) is 9.47 Å². The molecule has 3 aliphatic heterocycles. The maximum atomic E-state index is 13.4. The summed E-state index contributed by atoms with van der Waals surface area (Å²) in [6.45, 7) is 8.95. The molecule has 4 rings (SSSR count). The fourth-order valence-corrected chi connectivity index (χ4v) is 4.84. The Hall–Kier alpha value is -1.54. The number of ether oxygens (including phenoxy) is 2. The Balaban J connectivity index is 1.30. The monoisotopic (exact) mass is 419 g/mol. The summed E-state index contributed by atoms with van der Waals surface area (Å²) in [4.78, 5) is 18.3. The Kier molecular flexibility index (Phi) is 7.36. The second-order valence-corrected chi connectivity index (χ2v) is 8.91. The SMILES string of the molecule is O=C(NC1CCN(CCN2CCOCC2)C1)C1(Cc2ccc(F)cc2)CCOCC1.